The molecule has 0 bridgehead atoms. The van der Waals surface area contributed by atoms with Crippen LogP contribution in [0.3, 0.4) is 0 Å². The van der Waals surface area contributed by atoms with E-state index in [1.807, 2.05) is 0 Å². The second-order valence-corrected chi connectivity index (χ2v) is 6.28. The van der Waals surface area contributed by atoms with E-state index in [4.69, 9.17) is 16.0 Å². The molecule has 8 heteroatoms. The number of hydrogen-bond donors (Lipinski definition) is 2. The zero-order valence-electron chi connectivity index (χ0n) is 13.4. The van der Waals surface area contributed by atoms with Crippen molar-refractivity contribution < 1.29 is 18.8 Å². The number of urea groups is 1. The van der Waals surface area contributed by atoms with Crippen LogP contribution in [0.15, 0.2) is 22.6 Å². The smallest absolute Gasteiger partial charge is 0.344 e. The van der Waals surface area contributed by atoms with Crippen molar-refractivity contribution in [1.82, 2.24) is 15.8 Å². The third-order valence-corrected chi connectivity index (χ3v) is 4.60. The van der Waals surface area contributed by atoms with Gasteiger partial charge in [-0.25, -0.2) is 10.2 Å². The predicted octanol–water partition coefficient (Wildman–Crippen LogP) is 2.76. The van der Waals surface area contributed by atoms with Gasteiger partial charge in [0.25, 0.3) is 5.91 Å². The number of furan rings is 1. The first-order chi connectivity index (χ1) is 11.3. The first-order valence-electron chi connectivity index (χ1n) is 7.44. The third-order valence-electron chi connectivity index (χ3n) is 4.30. The number of para-hydroxylation sites is 1. The van der Waals surface area contributed by atoms with Crippen LogP contribution in [0.25, 0.3) is 11.0 Å². The zero-order chi connectivity index (χ0) is 17.6. The first-order valence-corrected chi connectivity index (χ1v) is 7.81. The maximum Gasteiger partial charge on any atom is 0.344 e. The van der Waals surface area contributed by atoms with E-state index in [9.17, 15) is 14.4 Å². The van der Waals surface area contributed by atoms with Crippen molar-refractivity contribution in [2.24, 2.45) is 0 Å². The number of benzene rings is 1. The Bertz CT molecular complexity index is 876. The van der Waals surface area contributed by atoms with Crippen molar-refractivity contribution >= 4 is 40.4 Å². The molecule has 1 fully saturated rings. The maximum absolute atomic E-state index is 12.5. The number of halogens is 1. The molecule has 24 heavy (non-hydrogen) atoms. The van der Waals surface area contributed by atoms with Gasteiger partial charge in [0.1, 0.15) is 5.54 Å². The summed E-state index contributed by atoms with van der Waals surface area (Å²) in [6, 6.07) is 4.50. The van der Waals surface area contributed by atoms with E-state index in [0.29, 0.717) is 33.0 Å². The van der Waals surface area contributed by atoms with Crippen LogP contribution in [-0.4, -0.2) is 28.4 Å². The van der Waals surface area contributed by atoms with Crippen molar-refractivity contribution in [3.05, 3.63) is 34.5 Å². The number of carbonyl (C=O) groups is 3. The highest BCUT2D eigenvalue weighted by Gasteiger charge is 2.47. The molecule has 0 aliphatic carbocycles. The summed E-state index contributed by atoms with van der Waals surface area (Å²) in [6.07, 6.45) is 0.406. The Kier molecular flexibility index (Phi) is 3.76. The molecule has 0 radical (unpaired) electrons. The van der Waals surface area contributed by atoms with Crippen molar-refractivity contribution in [2.45, 2.75) is 32.7 Å². The summed E-state index contributed by atoms with van der Waals surface area (Å²) >= 11 is 6.07. The van der Waals surface area contributed by atoms with E-state index in [0.717, 1.165) is 0 Å². The van der Waals surface area contributed by atoms with Gasteiger partial charge < -0.3 is 9.73 Å². The highest BCUT2D eigenvalue weighted by atomic mass is 35.5. The maximum atomic E-state index is 12.5. The molecule has 1 aliphatic rings. The molecule has 1 atom stereocenters. The second-order valence-electron chi connectivity index (χ2n) is 5.87. The highest BCUT2D eigenvalue weighted by molar-refractivity contribution is 6.35. The summed E-state index contributed by atoms with van der Waals surface area (Å²) in [7, 11) is 0. The van der Waals surface area contributed by atoms with Crippen LogP contribution in [0.4, 0.5) is 4.79 Å². The highest BCUT2D eigenvalue weighted by Crippen LogP contribution is 2.30. The molecule has 2 heterocycles. The Morgan fingerprint density at radius 1 is 1.42 bits per heavy atom. The lowest BCUT2D eigenvalue weighted by Gasteiger charge is -2.19. The lowest BCUT2D eigenvalue weighted by atomic mass is 10.00. The predicted molar refractivity (Wildman–Crippen MR) is 87.5 cm³/mol. The molecule has 1 aromatic carbocycles. The van der Waals surface area contributed by atoms with Crippen molar-refractivity contribution in [3.8, 4) is 0 Å². The van der Waals surface area contributed by atoms with Crippen LogP contribution in [0, 0.1) is 6.92 Å². The van der Waals surface area contributed by atoms with Gasteiger partial charge in [0, 0.05) is 10.9 Å². The molecular formula is C16H16ClN3O4. The third kappa shape index (κ3) is 2.32. The molecule has 126 valence electrons. The van der Waals surface area contributed by atoms with Gasteiger partial charge in [-0.3, -0.25) is 9.59 Å². The van der Waals surface area contributed by atoms with E-state index in [1.54, 1.807) is 39.0 Å². The zero-order valence-corrected chi connectivity index (χ0v) is 14.2. The number of rotatable bonds is 3. The fourth-order valence-corrected chi connectivity index (χ4v) is 2.82. The van der Waals surface area contributed by atoms with Gasteiger partial charge in [0.05, 0.1) is 5.02 Å². The van der Waals surface area contributed by atoms with E-state index in [2.05, 4.69) is 10.7 Å². The van der Waals surface area contributed by atoms with Crippen LogP contribution < -0.4 is 10.7 Å². The Hall–Kier alpha value is -2.54. The van der Waals surface area contributed by atoms with Crippen molar-refractivity contribution in [3.63, 3.8) is 0 Å². The minimum Gasteiger partial charge on any atom is -0.449 e. The molecule has 2 aromatic rings. The number of hydrazine groups is 1. The van der Waals surface area contributed by atoms with Crippen LogP contribution in [-0.2, 0) is 4.79 Å². The summed E-state index contributed by atoms with van der Waals surface area (Å²) in [4.78, 5) is 36.8. The number of imide groups is 1. The molecule has 4 amide bonds. The fourth-order valence-electron chi connectivity index (χ4n) is 2.60. The molecule has 0 unspecified atom stereocenters. The number of carbonyl (C=O) groups excluding carboxylic acids is 3. The van der Waals surface area contributed by atoms with Crippen molar-refractivity contribution in [1.29, 1.82) is 0 Å². The summed E-state index contributed by atoms with van der Waals surface area (Å²) in [6.45, 7) is 5.08. The number of nitrogens with zero attached hydrogens (tertiary/aromatic N) is 1. The van der Waals surface area contributed by atoms with E-state index >= 15 is 0 Å². The Balaban J connectivity index is 1.91. The molecular weight excluding hydrogens is 334 g/mol. The van der Waals surface area contributed by atoms with Crippen molar-refractivity contribution in [2.75, 3.05) is 0 Å². The Morgan fingerprint density at radius 3 is 2.71 bits per heavy atom. The summed E-state index contributed by atoms with van der Waals surface area (Å²) < 4.78 is 5.54. The average Bonchev–Trinajstić information content (AvgIpc) is 2.99. The molecule has 2 N–H and O–H groups in total. The number of aryl methyl sites for hydroxylation is 1. The normalized spacial score (nSPS) is 20.6. The second kappa shape index (κ2) is 5.52. The first kappa shape index (κ1) is 16.3. The molecule has 0 saturated carbocycles. The van der Waals surface area contributed by atoms with Crippen LogP contribution in [0.1, 0.15) is 36.4 Å². The van der Waals surface area contributed by atoms with Gasteiger partial charge in [0.2, 0.25) is 0 Å². The topological polar surface area (TPSA) is 91.7 Å². The van der Waals surface area contributed by atoms with Gasteiger partial charge in [-0.2, -0.15) is 5.01 Å². The summed E-state index contributed by atoms with van der Waals surface area (Å²) in [5.74, 6) is -1.21. The monoisotopic (exact) mass is 349 g/mol. The molecule has 1 aromatic heterocycles. The van der Waals surface area contributed by atoms with E-state index in [-0.39, 0.29) is 5.76 Å². The quantitative estimate of drug-likeness (QED) is 0.833. The van der Waals surface area contributed by atoms with Crippen LogP contribution in [0.5, 0.6) is 0 Å². The largest absolute Gasteiger partial charge is 0.449 e. The van der Waals surface area contributed by atoms with Crippen LogP contribution >= 0.6 is 11.6 Å². The van der Waals surface area contributed by atoms with Gasteiger partial charge in [-0.15, -0.1) is 0 Å². The van der Waals surface area contributed by atoms with Gasteiger partial charge >= 0.3 is 11.9 Å². The lowest BCUT2D eigenvalue weighted by molar-refractivity contribution is -0.132. The lowest BCUT2D eigenvalue weighted by Crippen LogP contribution is -2.48. The number of hydrogen-bond acceptors (Lipinski definition) is 4. The number of nitrogens with one attached hydrogen (secondary N) is 2. The molecule has 7 nitrogen and oxygen atoms in total. The summed E-state index contributed by atoms with van der Waals surface area (Å²) in [5.41, 5.74) is 2.24. The number of amides is 4. The fraction of sp³-hybridized carbons (Fsp3) is 0.312. The van der Waals surface area contributed by atoms with Gasteiger partial charge in [0.15, 0.2) is 11.3 Å². The molecule has 0 spiro atoms. The van der Waals surface area contributed by atoms with E-state index < -0.39 is 23.4 Å². The molecule has 1 aliphatic heterocycles. The minimum absolute atomic E-state index is 0.00352. The Morgan fingerprint density at radius 2 is 2.12 bits per heavy atom. The number of fused-ring (bicyclic) bond motifs is 1. The van der Waals surface area contributed by atoms with E-state index in [1.165, 1.54) is 0 Å². The molecule has 1 saturated heterocycles. The van der Waals surface area contributed by atoms with Gasteiger partial charge in [-0.05, 0) is 26.3 Å². The van der Waals surface area contributed by atoms with Gasteiger partial charge in [-0.1, -0.05) is 30.7 Å². The standard InChI is InChI=1S/C16H16ClN3O4/c1-4-16(3)14(22)20(15(23)18-16)19-13(21)11-8(2)9-6-5-7-10(17)12(9)24-11/h5-7H,4H2,1-3H3,(H,18,23)(H,19,21)/t16-/m1/s1. The average molecular weight is 350 g/mol. The molecule has 3 rings (SSSR count). The summed E-state index contributed by atoms with van der Waals surface area (Å²) in [5, 5.41) is 4.31. The van der Waals surface area contributed by atoms with Crippen LogP contribution in [0.2, 0.25) is 5.02 Å². The minimum atomic E-state index is -1.03. The SMILES string of the molecule is CC[C@@]1(C)NC(=O)N(NC(=O)c2oc3c(Cl)cccc3c2C)C1=O. The Labute approximate surface area is 142 Å².